The lowest BCUT2D eigenvalue weighted by Crippen LogP contribution is -2.41. The second-order valence-corrected chi connectivity index (χ2v) is 5.49. The van der Waals surface area contributed by atoms with Crippen molar-refractivity contribution >= 4 is 11.6 Å². The number of benzene rings is 1. The fraction of sp³-hybridized carbons (Fsp3) is 0.500. The van der Waals surface area contributed by atoms with Gasteiger partial charge >= 0.3 is 0 Å². The van der Waals surface area contributed by atoms with E-state index in [1.165, 1.54) is 12.1 Å². The number of nitrogens with two attached hydrogens (primary N) is 1. The average molecular weight is 281 g/mol. The largest absolute Gasteiger partial charge is 0.398 e. The molecular weight excluding hydrogens is 261 g/mol. The summed E-state index contributed by atoms with van der Waals surface area (Å²) < 4.78 is 13.3. The van der Waals surface area contributed by atoms with Crippen molar-refractivity contribution in [3.63, 3.8) is 0 Å². The number of amides is 1. The molecular formula is C14H20FN3O2. The maximum atomic E-state index is 13.3. The molecule has 1 aliphatic heterocycles. The number of likely N-dealkylation sites (tertiary alicyclic amines) is 1. The molecule has 0 spiro atoms. The number of carbonyl (C=O) groups is 1. The minimum atomic E-state index is -0.543. The number of nitrogens with zero attached hydrogens (tertiary/aromatic N) is 2. The van der Waals surface area contributed by atoms with E-state index in [4.69, 9.17) is 5.73 Å². The number of β-amino-alcohol motifs (C(OH)–C–C–N with tert-alkyl or cyclic N) is 1. The standard InChI is InChI=1S/C14H20FN3O2/c1-17(2)7-10-6-11(19)8-18(10)14(20)12-5-9(15)3-4-13(12)16/h3-5,10-11,19H,6-8,16H2,1-2H3. The number of aliphatic hydroxyl groups excluding tert-OH is 1. The van der Waals surface area contributed by atoms with Gasteiger partial charge in [0.05, 0.1) is 11.7 Å². The molecule has 1 saturated heterocycles. The third kappa shape index (κ3) is 3.08. The molecule has 20 heavy (non-hydrogen) atoms. The molecule has 3 N–H and O–H groups in total. The van der Waals surface area contributed by atoms with Crippen LogP contribution in [0.25, 0.3) is 0 Å². The zero-order valence-corrected chi connectivity index (χ0v) is 11.7. The molecule has 2 rings (SSSR count). The molecule has 6 heteroatoms. The number of carbonyl (C=O) groups excluding carboxylic acids is 1. The van der Waals surface area contributed by atoms with Crippen LogP contribution in [0.2, 0.25) is 0 Å². The van der Waals surface area contributed by atoms with Crippen LogP contribution in [0.1, 0.15) is 16.8 Å². The molecule has 1 fully saturated rings. The molecule has 110 valence electrons. The second kappa shape index (κ2) is 5.76. The van der Waals surface area contributed by atoms with Crippen LogP contribution in [0.3, 0.4) is 0 Å². The zero-order chi connectivity index (χ0) is 14.9. The lowest BCUT2D eigenvalue weighted by atomic mass is 10.1. The third-order valence-corrected chi connectivity index (χ3v) is 3.47. The Bertz CT molecular complexity index is 507. The van der Waals surface area contributed by atoms with Crippen molar-refractivity contribution in [2.24, 2.45) is 0 Å². The number of rotatable bonds is 3. The summed E-state index contributed by atoms with van der Waals surface area (Å²) in [5.41, 5.74) is 6.16. The monoisotopic (exact) mass is 281 g/mol. The van der Waals surface area contributed by atoms with Gasteiger partial charge in [0, 0.05) is 24.8 Å². The predicted octanol–water partition coefficient (Wildman–Crippen LogP) is 0.545. The normalized spacial score (nSPS) is 22.6. The van der Waals surface area contributed by atoms with Crippen LogP contribution in [0, 0.1) is 5.82 Å². The first-order valence-corrected chi connectivity index (χ1v) is 6.57. The van der Waals surface area contributed by atoms with E-state index in [2.05, 4.69) is 0 Å². The van der Waals surface area contributed by atoms with Gasteiger partial charge in [0.2, 0.25) is 0 Å². The fourth-order valence-electron chi connectivity index (χ4n) is 2.60. The molecule has 1 aliphatic rings. The number of halogens is 1. The maximum absolute atomic E-state index is 13.3. The van der Waals surface area contributed by atoms with Gasteiger partial charge in [0.15, 0.2) is 0 Å². The first-order chi connectivity index (χ1) is 9.38. The van der Waals surface area contributed by atoms with Crippen molar-refractivity contribution in [1.82, 2.24) is 9.80 Å². The molecule has 1 heterocycles. The smallest absolute Gasteiger partial charge is 0.256 e. The van der Waals surface area contributed by atoms with Gasteiger partial charge in [-0.1, -0.05) is 0 Å². The van der Waals surface area contributed by atoms with E-state index in [-0.39, 0.29) is 29.7 Å². The summed E-state index contributed by atoms with van der Waals surface area (Å²) in [4.78, 5) is 16.0. The van der Waals surface area contributed by atoms with E-state index in [9.17, 15) is 14.3 Å². The molecule has 0 bridgehead atoms. The van der Waals surface area contributed by atoms with Crippen LogP contribution in [-0.2, 0) is 0 Å². The van der Waals surface area contributed by atoms with Crippen molar-refractivity contribution in [1.29, 1.82) is 0 Å². The van der Waals surface area contributed by atoms with Crippen LogP contribution in [0.5, 0.6) is 0 Å². The average Bonchev–Trinajstić information content (AvgIpc) is 2.71. The van der Waals surface area contributed by atoms with Crippen LogP contribution in [0.4, 0.5) is 10.1 Å². The van der Waals surface area contributed by atoms with Crippen LogP contribution in [0.15, 0.2) is 18.2 Å². The maximum Gasteiger partial charge on any atom is 0.256 e. The summed E-state index contributed by atoms with van der Waals surface area (Å²) in [6.45, 7) is 0.908. The minimum Gasteiger partial charge on any atom is -0.398 e. The Labute approximate surface area is 117 Å². The van der Waals surface area contributed by atoms with E-state index >= 15 is 0 Å². The van der Waals surface area contributed by atoms with E-state index in [1.54, 1.807) is 4.90 Å². The van der Waals surface area contributed by atoms with Crippen molar-refractivity contribution < 1.29 is 14.3 Å². The number of anilines is 1. The van der Waals surface area contributed by atoms with E-state index < -0.39 is 11.9 Å². The molecule has 0 saturated carbocycles. The van der Waals surface area contributed by atoms with Crippen molar-refractivity contribution in [2.75, 3.05) is 32.9 Å². The SMILES string of the molecule is CN(C)CC1CC(O)CN1C(=O)c1cc(F)ccc1N. The van der Waals surface area contributed by atoms with Gasteiger partial charge in [-0.3, -0.25) is 4.79 Å². The van der Waals surface area contributed by atoms with E-state index in [1.807, 2.05) is 19.0 Å². The Hall–Kier alpha value is -1.66. The van der Waals surface area contributed by atoms with Gasteiger partial charge in [-0.15, -0.1) is 0 Å². The second-order valence-electron chi connectivity index (χ2n) is 5.49. The Balaban J connectivity index is 2.24. The molecule has 1 aromatic carbocycles. The molecule has 2 atom stereocenters. The fourth-order valence-corrected chi connectivity index (χ4v) is 2.60. The number of likely N-dealkylation sites (N-methyl/N-ethyl adjacent to an activating group) is 1. The highest BCUT2D eigenvalue weighted by Crippen LogP contribution is 2.24. The van der Waals surface area contributed by atoms with E-state index in [0.29, 0.717) is 13.0 Å². The number of aliphatic hydroxyl groups is 1. The minimum absolute atomic E-state index is 0.0878. The highest BCUT2D eigenvalue weighted by Gasteiger charge is 2.35. The predicted molar refractivity (Wildman–Crippen MR) is 74.8 cm³/mol. The number of nitrogen functional groups attached to an aromatic ring is 1. The van der Waals surface area contributed by atoms with Crippen LogP contribution >= 0.6 is 0 Å². The van der Waals surface area contributed by atoms with Gasteiger partial charge in [-0.05, 0) is 38.7 Å². The van der Waals surface area contributed by atoms with Gasteiger partial charge in [0.25, 0.3) is 5.91 Å². The van der Waals surface area contributed by atoms with Crippen LogP contribution in [-0.4, -0.2) is 60.1 Å². The summed E-state index contributed by atoms with van der Waals surface area (Å²) >= 11 is 0. The van der Waals surface area contributed by atoms with E-state index in [0.717, 1.165) is 6.07 Å². The van der Waals surface area contributed by atoms with Gasteiger partial charge < -0.3 is 20.6 Å². The first kappa shape index (κ1) is 14.7. The molecule has 0 radical (unpaired) electrons. The van der Waals surface area contributed by atoms with Gasteiger partial charge in [0.1, 0.15) is 5.82 Å². The first-order valence-electron chi connectivity index (χ1n) is 6.57. The Morgan fingerprint density at radius 3 is 2.90 bits per heavy atom. The Morgan fingerprint density at radius 1 is 1.55 bits per heavy atom. The summed E-state index contributed by atoms with van der Waals surface area (Å²) in [6.07, 6.45) is -0.0160. The Kier molecular flexibility index (Phi) is 4.25. The summed E-state index contributed by atoms with van der Waals surface area (Å²) in [7, 11) is 3.81. The molecule has 5 nitrogen and oxygen atoms in total. The Morgan fingerprint density at radius 2 is 2.25 bits per heavy atom. The highest BCUT2D eigenvalue weighted by molar-refractivity contribution is 5.99. The quantitative estimate of drug-likeness (QED) is 0.794. The van der Waals surface area contributed by atoms with Crippen molar-refractivity contribution in [3.05, 3.63) is 29.6 Å². The molecule has 0 aliphatic carbocycles. The lowest BCUT2D eigenvalue weighted by molar-refractivity contribution is 0.0699. The molecule has 0 aromatic heterocycles. The third-order valence-electron chi connectivity index (χ3n) is 3.47. The molecule has 1 amide bonds. The molecule has 1 aromatic rings. The topological polar surface area (TPSA) is 69.8 Å². The summed E-state index contributed by atoms with van der Waals surface area (Å²) in [5, 5.41) is 9.78. The highest BCUT2D eigenvalue weighted by atomic mass is 19.1. The zero-order valence-electron chi connectivity index (χ0n) is 11.7. The lowest BCUT2D eigenvalue weighted by Gasteiger charge is -2.27. The molecule has 2 unspecified atom stereocenters. The van der Waals surface area contributed by atoms with Crippen molar-refractivity contribution in [3.8, 4) is 0 Å². The van der Waals surface area contributed by atoms with Crippen LogP contribution < -0.4 is 5.73 Å². The number of hydrogen-bond acceptors (Lipinski definition) is 4. The summed E-state index contributed by atoms with van der Waals surface area (Å²) in [5.74, 6) is -0.822. The van der Waals surface area contributed by atoms with Gasteiger partial charge in [-0.25, -0.2) is 4.39 Å². The van der Waals surface area contributed by atoms with Gasteiger partial charge in [-0.2, -0.15) is 0 Å². The summed E-state index contributed by atoms with van der Waals surface area (Å²) in [6, 6.07) is 3.67. The van der Waals surface area contributed by atoms with Crippen molar-refractivity contribution in [2.45, 2.75) is 18.6 Å². The number of hydrogen-bond donors (Lipinski definition) is 2.